The molecule has 5 heteroatoms. The first-order valence-electron chi connectivity index (χ1n) is 6.07. The minimum Gasteiger partial charge on any atom is -0.478 e. The Bertz CT molecular complexity index is 279. The maximum atomic E-state index is 10.5. The van der Waals surface area contributed by atoms with Gasteiger partial charge in [-0.05, 0) is 26.4 Å². The normalized spacial score (nSPS) is 20.2. The number of carbonyl (C=O) groups is 1. The lowest BCUT2D eigenvalue weighted by Gasteiger charge is -2.21. The van der Waals surface area contributed by atoms with Crippen LogP contribution in [0.4, 0.5) is 0 Å². The molecule has 5 nitrogen and oxygen atoms in total. The molecule has 17 heavy (non-hydrogen) atoms. The lowest BCUT2D eigenvalue weighted by atomic mass is 10.2. The summed E-state index contributed by atoms with van der Waals surface area (Å²) in [6, 6.07) is 0. The maximum absolute atomic E-state index is 10.5. The van der Waals surface area contributed by atoms with Gasteiger partial charge in [-0.2, -0.15) is 0 Å². The summed E-state index contributed by atoms with van der Waals surface area (Å²) in [5, 5.41) is 17.5. The van der Waals surface area contributed by atoms with Crippen LogP contribution in [0.3, 0.4) is 0 Å². The van der Waals surface area contributed by atoms with E-state index in [0.717, 1.165) is 51.3 Å². The molecule has 1 saturated heterocycles. The number of hydrogen-bond acceptors (Lipinski definition) is 4. The molecule has 0 bridgehead atoms. The Balaban J connectivity index is 2.38. The number of aliphatic hydroxyl groups excluding tert-OH is 1. The number of β-amino-alcohol motifs (C(OH)–C–C–N with tert-alkyl or cyclic N) is 1. The summed E-state index contributed by atoms with van der Waals surface area (Å²) in [6.07, 6.45) is 2.34. The molecule has 0 aliphatic carbocycles. The first-order chi connectivity index (χ1) is 8.11. The molecule has 0 aromatic rings. The standard InChI is InChI=1S/C12H22N2O3/c1-11(9-12(16)17)10-14-4-2-3-13(5-6-14)7-8-15/h9,15H,2-8,10H2,1H3,(H,16,17). The molecule has 0 aromatic heterocycles. The average Bonchev–Trinajstić information content (AvgIpc) is 2.43. The molecule has 0 aromatic carbocycles. The molecule has 1 aliphatic rings. The predicted molar refractivity (Wildman–Crippen MR) is 66.0 cm³/mol. The Morgan fingerprint density at radius 2 is 1.88 bits per heavy atom. The van der Waals surface area contributed by atoms with Gasteiger partial charge in [0, 0.05) is 32.3 Å². The van der Waals surface area contributed by atoms with Gasteiger partial charge in [0.05, 0.1) is 6.61 Å². The van der Waals surface area contributed by atoms with E-state index in [-0.39, 0.29) is 6.61 Å². The van der Waals surface area contributed by atoms with Gasteiger partial charge in [-0.1, -0.05) is 5.57 Å². The van der Waals surface area contributed by atoms with Crippen molar-refractivity contribution in [1.29, 1.82) is 0 Å². The minimum absolute atomic E-state index is 0.206. The lowest BCUT2D eigenvalue weighted by molar-refractivity contribution is -0.131. The highest BCUT2D eigenvalue weighted by Gasteiger charge is 2.14. The van der Waals surface area contributed by atoms with Crippen LogP contribution < -0.4 is 0 Å². The van der Waals surface area contributed by atoms with Crippen LogP contribution in [-0.4, -0.2) is 71.9 Å². The molecule has 0 unspecified atom stereocenters. The molecule has 0 amide bonds. The van der Waals surface area contributed by atoms with Crippen LogP contribution in [-0.2, 0) is 4.79 Å². The Hall–Kier alpha value is -0.910. The van der Waals surface area contributed by atoms with E-state index in [1.54, 1.807) is 0 Å². The molecule has 1 rings (SSSR count). The third-order valence-corrected chi connectivity index (χ3v) is 2.94. The van der Waals surface area contributed by atoms with E-state index in [0.29, 0.717) is 0 Å². The first-order valence-corrected chi connectivity index (χ1v) is 6.07. The van der Waals surface area contributed by atoms with Crippen molar-refractivity contribution >= 4 is 5.97 Å². The van der Waals surface area contributed by atoms with Gasteiger partial charge in [0.25, 0.3) is 0 Å². The van der Waals surface area contributed by atoms with Gasteiger partial charge < -0.3 is 10.2 Å². The summed E-state index contributed by atoms with van der Waals surface area (Å²) in [5.41, 5.74) is 0.883. The number of rotatable bonds is 5. The third-order valence-electron chi connectivity index (χ3n) is 2.94. The van der Waals surface area contributed by atoms with Crippen molar-refractivity contribution in [2.45, 2.75) is 13.3 Å². The first kappa shape index (κ1) is 14.2. The van der Waals surface area contributed by atoms with Gasteiger partial charge in [0.15, 0.2) is 0 Å². The number of nitrogens with zero attached hydrogens (tertiary/aromatic N) is 2. The van der Waals surface area contributed by atoms with Gasteiger partial charge in [-0.25, -0.2) is 4.79 Å². The molecule has 0 radical (unpaired) electrons. The summed E-state index contributed by atoms with van der Waals surface area (Å²) < 4.78 is 0. The molecular weight excluding hydrogens is 220 g/mol. The van der Waals surface area contributed by atoms with Gasteiger partial charge in [0.1, 0.15) is 0 Å². The van der Waals surface area contributed by atoms with Gasteiger partial charge in [0.2, 0.25) is 0 Å². The Morgan fingerprint density at radius 3 is 2.53 bits per heavy atom. The highest BCUT2D eigenvalue weighted by molar-refractivity contribution is 5.80. The average molecular weight is 242 g/mol. The van der Waals surface area contributed by atoms with Crippen LogP contribution in [0.25, 0.3) is 0 Å². The zero-order valence-electron chi connectivity index (χ0n) is 10.4. The third kappa shape index (κ3) is 5.81. The molecule has 0 saturated carbocycles. The number of carboxylic acids is 1. The molecule has 98 valence electrons. The van der Waals surface area contributed by atoms with Crippen LogP contribution in [0.5, 0.6) is 0 Å². The number of carboxylic acid groups (broad SMARTS) is 1. The van der Waals surface area contributed by atoms with Crippen molar-refractivity contribution in [1.82, 2.24) is 9.80 Å². The maximum Gasteiger partial charge on any atom is 0.328 e. The second kappa shape index (κ2) is 7.42. The fourth-order valence-corrected chi connectivity index (χ4v) is 2.16. The Labute approximate surface area is 102 Å². The summed E-state index contributed by atoms with van der Waals surface area (Å²) in [7, 11) is 0. The number of hydrogen-bond donors (Lipinski definition) is 2. The SMILES string of the molecule is CC(=CC(=O)O)CN1CCCN(CCO)CC1. The quantitative estimate of drug-likeness (QED) is 0.665. The number of aliphatic carboxylic acids is 1. The van der Waals surface area contributed by atoms with Crippen molar-refractivity contribution in [3.63, 3.8) is 0 Å². The summed E-state index contributed by atoms with van der Waals surface area (Å²) in [5.74, 6) is -0.876. The van der Waals surface area contributed by atoms with E-state index in [1.165, 1.54) is 6.08 Å². The monoisotopic (exact) mass is 242 g/mol. The van der Waals surface area contributed by atoms with Gasteiger partial charge in [-0.15, -0.1) is 0 Å². The summed E-state index contributed by atoms with van der Waals surface area (Å²) >= 11 is 0. The zero-order chi connectivity index (χ0) is 12.7. The fraction of sp³-hybridized carbons (Fsp3) is 0.750. The smallest absolute Gasteiger partial charge is 0.328 e. The van der Waals surface area contributed by atoms with Crippen molar-refractivity contribution in [2.75, 3.05) is 45.9 Å². The van der Waals surface area contributed by atoms with Gasteiger partial charge in [-0.3, -0.25) is 9.80 Å². The van der Waals surface area contributed by atoms with Crippen molar-refractivity contribution in [3.8, 4) is 0 Å². The summed E-state index contributed by atoms with van der Waals surface area (Å²) in [4.78, 5) is 15.0. The van der Waals surface area contributed by atoms with Crippen molar-refractivity contribution in [2.24, 2.45) is 0 Å². The second-order valence-corrected chi connectivity index (χ2v) is 4.52. The largest absolute Gasteiger partial charge is 0.478 e. The molecule has 0 spiro atoms. The van der Waals surface area contributed by atoms with Crippen molar-refractivity contribution in [3.05, 3.63) is 11.6 Å². The van der Waals surface area contributed by atoms with E-state index in [4.69, 9.17) is 10.2 Å². The van der Waals surface area contributed by atoms with Crippen LogP contribution in [0.2, 0.25) is 0 Å². The minimum atomic E-state index is -0.876. The number of aliphatic hydroxyl groups is 1. The molecule has 1 fully saturated rings. The molecule has 2 N–H and O–H groups in total. The highest BCUT2D eigenvalue weighted by atomic mass is 16.4. The predicted octanol–water partition coefficient (Wildman–Crippen LogP) is 0.0173. The zero-order valence-corrected chi connectivity index (χ0v) is 10.4. The topological polar surface area (TPSA) is 64.0 Å². The second-order valence-electron chi connectivity index (χ2n) is 4.52. The van der Waals surface area contributed by atoms with E-state index >= 15 is 0 Å². The van der Waals surface area contributed by atoms with Crippen LogP contribution in [0.15, 0.2) is 11.6 Å². The highest BCUT2D eigenvalue weighted by Crippen LogP contribution is 2.05. The van der Waals surface area contributed by atoms with E-state index in [1.807, 2.05) is 6.92 Å². The molecule has 1 heterocycles. The van der Waals surface area contributed by atoms with E-state index in [2.05, 4.69) is 9.80 Å². The van der Waals surface area contributed by atoms with Crippen LogP contribution >= 0.6 is 0 Å². The lowest BCUT2D eigenvalue weighted by Crippen LogP contribution is -2.33. The fourth-order valence-electron chi connectivity index (χ4n) is 2.16. The van der Waals surface area contributed by atoms with Crippen LogP contribution in [0.1, 0.15) is 13.3 Å². The van der Waals surface area contributed by atoms with Crippen LogP contribution in [0, 0.1) is 0 Å². The molecule has 1 aliphatic heterocycles. The molecular formula is C12H22N2O3. The van der Waals surface area contributed by atoms with Crippen molar-refractivity contribution < 1.29 is 15.0 Å². The summed E-state index contributed by atoms with van der Waals surface area (Å²) in [6.45, 7) is 7.40. The van der Waals surface area contributed by atoms with E-state index in [9.17, 15) is 4.79 Å². The van der Waals surface area contributed by atoms with Gasteiger partial charge >= 0.3 is 5.97 Å². The Kier molecular flexibility index (Phi) is 6.18. The molecule has 0 atom stereocenters. The Morgan fingerprint density at radius 1 is 1.24 bits per heavy atom. The van der Waals surface area contributed by atoms with E-state index < -0.39 is 5.97 Å².